The second-order valence-electron chi connectivity index (χ2n) is 4.49. The maximum absolute atomic E-state index is 5.58. The SMILES string of the molecule is COc1ccc2ccc3c(c2c1)C(OC)CC3. The molecule has 0 saturated heterocycles. The first-order valence-corrected chi connectivity index (χ1v) is 5.96. The van der Waals surface area contributed by atoms with Gasteiger partial charge < -0.3 is 9.47 Å². The topological polar surface area (TPSA) is 18.5 Å². The van der Waals surface area contributed by atoms with Gasteiger partial charge in [-0.15, -0.1) is 0 Å². The summed E-state index contributed by atoms with van der Waals surface area (Å²) in [6.45, 7) is 0. The molecule has 2 heteroatoms. The summed E-state index contributed by atoms with van der Waals surface area (Å²) in [4.78, 5) is 0. The normalized spacial score (nSPS) is 18.4. The molecule has 1 aliphatic rings. The molecule has 0 N–H and O–H groups in total. The maximum Gasteiger partial charge on any atom is 0.119 e. The van der Waals surface area contributed by atoms with Crippen LogP contribution in [0.25, 0.3) is 10.8 Å². The molecule has 0 radical (unpaired) electrons. The molecule has 1 aliphatic carbocycles. The summed E-state index contributed by atoms with van der Waals surface area (Å²) < 4.78 is 10.9. The average molecular weight is 228 g/mol. The molecular formula is C15H16O2. The molecular weight excluding hydrogens is 212 g/mol. The standard InChI is InChI=1S/C15H16O2/c1-16-12-7-5-10-3-4-11-6-8-14(17-2)15(11)13(10)9-12/h3-5,7,9,14H,6,8H2,1-2H3. The lowest BCUT2D eigenvalue weighted by Crippen LogP contribution is -1.97. The zero-order chi connectivity index (χ0) is 11.8. The number of hydrogen-bond donors (Lipinski definition) is 0. The van der Waals surface area contributed by atoms with Gasteiger partial charge in [0.15, 0.2) is 0 Å². The van der Waals surface area contributed by atoms with Crippen molar-refractivity contribution in [1.29, 1.82) is 0 Å². The van der Waals surface area contributed by atoms with E-state index in [0.717, 1.165) is 18.6 Å². The third-order valence-corrected chi connectivity index (χ3v) is 3.64. The third kappa shape index (κ3) is 1.60. The Morgan fingerprint density at radius 3 is 2.71 bits per heavy atom. The van der Waals surface area contributed by atoms with Crippen LogP contribution >= 0.6 is 0 Å². The fraction of sp³-hybridized carbons (Fsp3) is 0.333. The van der Waals surface area contributed by atoms with Gasteiger partial charge in [-0.05, 0) is 46.9 Å². The molecule has 88 valence electrons. The average Bonchev–Trinajstić information content (AvgIpc) is 2.81. The number of aryl methyl sites for hydroxylation is 1. The van der Waals surface area contributed by atoms with E-state index in [2.05, 4.69) is 24.3 Å². The predicted octanol–water partition coefficient (Wildman–Crippen LogP) is 3.48. The summed E-state index contributed by atoms with van der Waals surface area (Å²) in [6.07, 6.45) is 2.43. The fourth-order valence-electron chi connectivity index (χ4n) is 2.76. The maximum atomic E-state index is 5.58. The van der Waals surface area contributed by atoms with Gasteiger partial charge in [0.05, 0.1) is 13.2 Å². The quantitative estimate of drug-likeness (QED) is 0.783. The zero-order valence-electron chi connectivity index (χ0n) is 10.2. The molecule has 2 aromatic rings. The van der Waals surface area contributed by atoms with Crippen molar-refractivity contribution in [2.75, 3.05) is 14.2 Å². The summed E-state index contributed by atoms with van der Waals surface area (Å²) in [5.74, 6) is 0.910. The monoisotopic (exact) mass is 228 g/mol. The molecule has 3 rings (SSSR count). The van der Waals surface area contributed by atoms with E-state index < -0.39 is 0 Å². The smallest absolute Gasteiger partial charge is 0.119 e. The van der Waals surface area contributed by atoms with E-state index in [1.807, 2.05) is 6.07 Å². The van der Waals surface area contributed by atoms with Gasteiger partial charge >= 0.3 is 0 Å². The summed E-state index contributed by atoms with van der Waals surface area (Å²) >= 11 is 0. The van der Waals surface area contributed by atoms with E-state index in [9.17, 15) is 0 Å². The number of benzene rings is 2. The van der Waals surface area contributed by atoms with Gasteiger partial charge in [0.2, 0.25) is 0 Å². The lowest BCUT2D eigenvalue weighted by Gasteiger charge is -2.13. The molecule has 1 unspecified atom stereocenters. The minimum Gasteiger partial charge on any atom is -0.497 e. The van der Waals surface area contributed by atoms with E-state index in [-0.39, 0.29) is 6.10 Å². The van der Waals surface area contributed by atoms with Crippen LogP contribution in [0.1, 0.15) is 23.7 Å². The highest BCUT2D eigenvalue weighted by molar-refractivity contribution is 5.89. The van der Waals surface area contributed by atoms with Gasteiger partial charge in [0.1, 0.15) is 5.75 Å². The highest BCUT2D eigenvalue weighted by Gasteiger charge is 2.24. The van der Waals surface area contributed by atoms with Crippen molar-refractivity contribution in [3.63, 3.8) is 0 Å². The molecule has 2 nitrogen and oxygen atoms in total. The minimum absolute atomic E-state index is 0.237. The Morgan fingerprint density at radius 1 is 1.12 bits per heavy atom. The summed E-state index contributed by atoms with van der Waals surface area (Å²) in [7, 11) is 3.50. The number of fused-ring (bicyclic) bond motifs is 3. The Morgan fingerprint density at radius 2 is 1.94 bits per heavy atom. The fourth-order valence-corrected chi connectivity index (χ4v) is 2.76. The van der Waals surface area contributed by atoms with E-state index in [0.29, 0.717) is 0 Å². The molecule has 0 aromatic heterocycles. The molecule has 0 fully saturated rings. The zero-order valence-corrected chi connectivity index (χ0v) is 10.2. The Labute approximate surface area is 101 Å². The highest BCUT2D eigenvalue weighted by atomic mass is 16.5. The van der Waals surface area contributed by atoms with Crippen LogP contribution in [0.15, 0.2) is 30.3 Å². The molecule has 17 heavy (non-hydrogen) atoms. The van der Waals surface area contributed by atoms with Crippen molar-refractivity contribution in [3.05, 3.63) is 41.5 Å². The molecule has 0 aliphatic heterocycles. The van der Waals surface area contributed by atoms with Crippen LogP contribution in [-0.2, 0) is 11.2 Å². The molecule has 0 saturated carbocycles. The first kappa shape index (κ1) is 10.6. The molecule has 1 atom stereocenters. The van der Waals surface area contributed by atoms with E-state index in [1.54, 1.807) is 14.2 Å². The molecule has 0 heterocycles. The number of hydrogen-bond acceptors (Lipinski definition) is 2. The van der Waals surface area contributed by atoms with Gasteiger partial charge in [-0.2, -0.15) is 0 Å². The molecule has 0 bridgehead atoms. The molecule has 2 aromatic carbocycles. The Kier molecular flexibility index (Phi) is 2.52. The predicted molar refractivity (Wildman–Crippen MR) is 68.6 cm³/mol. The lowest BCUT2D eigenvalue weighted by molar-refractivity contribution is 0.106. The second kappa shape index (κ2) is 4.04. The minimum atomic E-state index is 0.237. The summed E-state index contributed by atoms with van der Waals surface area (Å²) in [5, 5.41) is 2.53. The van der Waals surface area contributed by atoms with Crippen LogP contribution in [0.3, 0.4) is 0 Å². The van der Waals surface area contributed by atoms with Crippen LogP contribution in [0.4, 0.5) is 0 Å². The Hall–Kier alpha value is -1.54. The van der Waals surface area contributed by atoms with Crippen LogP contribution in [0, 0.1) is 0 Å². The number of methoxy groups -OCH3 is 2. The molecule has 0 spiro atoms. The summed E-state index contributed by atoms with van der Waals surface area (Å²) in [6, 6.07) is 10.6. The van der Waals surface area contributed by atoms with Crippen molar-refractivity contribution in [2.24, 2.45) is 0 Å². The van der Waals surface area contributed by atoms with E-state index >= 15 is 0 Å². The number of rotatable bonds is 2. The van der Waals surface area contributed by atoms with Crippen LogP contribution < -0.4 is 4.74 Å². The largest absolute Gasteiger partial charge is 0.497 e. The van der Waals surface area contributed by atoms with Gasteiger partial charge in [-0.1, -0.05) is 18.2 Å². The van der Waals surface area contributed by atoms with Crippen molar-refractivity contribution in [1.82, 2.24) is 0 Å². The summed E-state index contributed by atoms with van der Waals surface area (Å²) in [5.41, 5.74) is 2.77. The van der Waals surface area contributed by atoms with Gasteiger partial charge in [-0.3, -0.25) is 0 Å². The highest BCUT2D eigenvalue weighted by Crippen LogP contribution is 2.39. The van der Waals surface area contributed by atoms with Crippen molar-refractivity contribution >= 4 is 10.8 Å². The van der Waals surface area contributed by atoms with Crippen LogP contribution in [0.5, 0.6) is 5.75 Å². The second-order valence-corrected chi connectivity index (χ2v) is 4.49. The number of ether oxygens (including phenoxy) is 2. The lowest BCUT2D eigenvalue weighted by atomic mass is 9.99. The van der Waals surface area contributed by atoms with Crippen molar-refractivity contribution in [2.45, 2.75) is 18.9 Å². The van der Waals surface area contributed by atoms with Gasteiger partial charge in [0, 0.05) is 7.11 Å². The Bertz CT molecular complexity index is 560. The van der Waals surface area contributed by atoms with Crippen molar-refractivity contribution in [3.8, 4) is 5.75 Å². The van der Waals surface area contributed by atoms with Crippen molar-refractivity contribution < 1.29 is 9.47 Å². The van der Waals surface area contributed by atoms with Crippen LogP contribution in [-0.4, -0.2) is 14.2 Å². The third-order valence-electron chi connectivity index (χ3n) is 3.64. The molecule has 0 amide bonds. The first-order chi connectivity index (χ1) is 8.33. The van der Waals surface area contributed by atoms with Gasteiger partial charge in [-0.25, -0.2) is 0 Å². The Balaban J connectivity index is 2.28. The van der Waals surface area contributed by atoms with E-state index in [1.165, 1.54) is 21.9 Å². The van der Waals surface area contributed by atoms with Crippen LogP contribution in [0.2, 0.25) is 0 Å². The first-order valence-electron chi connectivity index (χ1n) is 5.96. The van der Waals surface area contributed by atoms with Gasteiger partial charge in [0.25, 0.3) is 0 Å². The van der Waals surface area contributed by atoms with E-state index in [4.69, 9.17) is 9.47 Å².